The van der Waals surface area contributed by atoms with Crippen molar-refractivity contribution in [2.75, 3.05) is 20.2 Å². The van der Waals surface area contributed by atoms with Crippen LogP contribution in [-0.2, 0) is 21.4 Å². The van der Waals surface area contributed by atoms with Gasteiger partial charge in [0.05, 0.1) is 13.7 Å². The van der Waals surface area contributed by atoms with E-state index in [0.29, 0.717) is 6.54 Å². The smallest absolute Gasteiger partial charge is 0.247 e. The number of carbonyl (C=O) groups is 1. The van der Waals surface area contributed by atoms with Crippen LogP contribution >= 0.6 is 11.6 Å². The summed E-state index contributed by atoms with van der Waals surface area (Å²) in [6.45, 7) is 1.93. The van der Waals surface area contributed by atoms with Crippen LogP contribution in [0.2, 0.25) is 5.02 Å². The van der Waals surface area contributed by atoms with Crippen molar-refractivity contribution in [3.63, 3.8) is 0 Å². The zero-order chi connectivity index (χ0) is 19.2. The minimum absolute atomic E-state index is 0.0516. The first-order chi connectivity index (χ1) is 12.4. The van der Waals surface area contributed by atoms with Gasteiger partial charge >= 0.3 is 0 Å². The number of sulfonamides is 1. The fourth-order valence-corrected chi connectivity index (χ4v) is 4.22. The Hall–Kier alpha value is -2.09. The van der Waals surface area contributed by atoms with Gasteiger partial charge in [0.2, 0.25) is 15.9 Å². The lowest BCUT2D eigenvalue weighted by Gasteiger charge is -2.23. The fraction of sp³-hybridized carbons (Fsp3) is 0.278. The predicted molar refractivity (Wildman–Crippen MR) is 101 cm³/mol. The summed E-state index contributed by atoms with van der Waals surface area (Å²) in [5.41, 5.74) is 0.765. The van der Waals surface area contributed by atoms with E-state index in [2.05, 4.69) is 5.32 Å². The molecule has 8 heteroatoms. The second kappa shape index (κ2) is 9.02. The summed E-state index contributed by atoms with van der Waals surface area (Å²) in [7, 11) is -2.63. The van der Waals surface area contributed by atoms with E-state index in [1.165, 1.54) is 19.2 Å². The summed E-state index contributed by atoms with van der Waals surface area (Å²) in [5, 5.41) is 2.89. The number of nitrogens with one attached hydrogen (secondary N) is 1. The van der Waals surface area contributed by atoms with Gasteiger partial charge in [-0.1, -0.05) is 41.9 Å². The Bertz CT molecular complexity index is 857. The number of rotatable bonds is 8. The van der Waals surface area contributed by atoms with Crippen LogP contribution in [-0.4, -0.2) is 38.8 Å². The van der Waals surface area contributed by atoms with Gasteiger partial charge in [0, 0.05) is 18.1 Å². The third-order valence-corrected chi connectivity index (χ3v) is 5.69. The Labute approximate surface area is 158 Å². The molecule has 0 spiro atoms. The number of methoxy groups -OCH3 is 1. The van der Waals surface area contributed by atoms with Gasteiger partial charge in [-0.15, -0.1) is 0 Å². The molecule has 2 aromatic rings. The molecule has 1 amide bonds. The van der Waals surface area contributed by atoms with Crippen molar-refractivity contribution in [1.82, 2.24) is 9.62 Å². The molecule has 26 heavy (non-hydrogen) atoms. The van der Waals surface area contributed by atoms with Gasteiger partial charge in [-0.05, 0) is 30.7 Å². The standard InChI is InChI=1S/C18H21ClN2O4S/c1-3-20-18(22)13-21(12-14-7-5-4-6-8-14)26(23,24)17-11-15(19)9-10-16(17)25-2/h4-11H,3,12-13H2,1-2H3,(H,20,22). The lowest BCUT2D eigenvalue weighted by molar-refractivity contribution is -0.121. The summed E-state index contributed by atoms with van der Waals surface area (Å²) in [6.07, 6.45) is 0. The monoisotopic (exact) mass is 396 g/mol. The second-order valence-electron chi connectivity index (χ2n) is 5.51. The Morgan fingerprint density at radius 3 is 2.50 bits per heavy atom. The number of halogens is 1. The van der Waals surface area contributed by atoms with Gasteiger partial charge in [-0.2, -0.15) is 4.31 Å². The van der Waals surface area contributed by atoms with Gasteiger partial charge < -0.3 is 10.1 Å². The third kappa shape index (κ3) is 4.97. The second-order valence-corrected chi connectivity index (χ2v) is 7.85. The highest BCUT2D eigenvalue weighted by Gasteiger charge is 2.30. The van der Waals surface area contributed by atoms with Crippen molar-refractivity contribution in [2.24, 2.45) is 0 Å². The molecule has 2 rings (SSSR count). The van der Waals surface area contributed by atoms with Crippen LogP contribution in [0.3, 0.4) is 0 Å². The van der Waals surface area contributed by atoms with E-state index in [0.717, 1.165) is 9.87 Å². The zero-order valence-electron chi connectivity index (χ0n) is 14.6. The van der Waals surface area contributed by atoms with Crippen molar-refractivity contribution < 1.29 is 17.9 Å². The van der Waals surface area contributed by atoms with Gasteiger partial charge in [0.25, 0.3) is 0 Å². The maximum Gasteiger partial charge on any atom is 0.247 e. The van der Waals surface area contributed by atoms with E-state index < -0.39 is 10.0 Å². The normalized spacial score (nSPS) is 11.4. The largest absolute Gasteiger partial charge is 0.495 e. The average molecular weight is 397 g/mol. The zero-order valence-corrected chi connectivity index (χ0v) is 16.2. The van der Waals surface area contributed by atoms with Crippen molar-refractivity contribution in [3.05, 3.63) is 59.1 Å². The Morgan fingerprint density at radius 2 is 1.88 bits per heavy atom. The molecular weight excluding hydrogens is 376 g/mol. The summed E-state index contributed by atoms with van der Waals surface area (Å²) < 4.78 is 32.7. The summed E-state index contributed by atoms with van der Waals surface area (Å²) >= 11 is 5.98. The average Bonchev–Trinajstić information content (AvgIpc) is 2.62. The number of nitrogens with zero attached hydrogens (tertiary/aromatic N) is 1. The van der Waals surface area contributed by atoms with Crippen LogP contribution < -0.4 is 10.1 Å². The van der Waals surface area contributed by atoms with Crippen molar-refractivity contribution in [1.29, 1.82) is 0 Å². The lowest BCUT2D eigenvalue weighted by Crippen LogP contribution is -2.40. The maximum atomic E-state index is 13.2. The van der Waals surface area contributed by atoms with Crippen LogP contribution in [0.1, 0.15) is 12.5 Å². The summed E-state index contributed by atoms with van der Waals surface area (Å²) in [4.78, 5) is 12.0. The molecule has 0 aromatic heterocycles. The van der Waals surface area contributed by atoms with Gasteiger partial charge in [0.1, 0.15) is 10.6 Å². The number of hydrogen-bond acceptors (Lipinski definition) is 4. The van der Waals surface area contributed by atoms with Crippen LogP contribution in [0.5, 0.6) is 5.75 Å². The molecule has 0 saturated carbocycles. The molecule has 0 unspecified atom stereocenters. The number of amides is 1. The lowest BCUT2D eigenvalue weighted by atomic mass is 10.2. The molecule has 6 nitrogen and oxygen atoms in total. The molecule has 0 saturated heterocycles. The minimum atomic E-state index is -4.01. The van der Waals surface area contributed by atoms with Crippen LogP contribution in [0, 0.1) is 0 Å². The quantitative estimate of drug-likeness (QED) is 0.744. The summed E-state index contributed by atoms with van der Waals surface area (Å²) in [6, 6.07) is 13.4. The molecule has 1 N–H and O–H groups in total. The van der Waals surface area contributed by atoms with Gasteiger partial charge in [0.15, 0.2) is 0 Å². The van der Waals surface area contributed by atoms with E-state index in [4.69, 9.17) is 16.3 Å². The Balaban J connectivity index is 2.45. The molecule has 0 heterocycles. The Morgan fingerprint density at radius 1 is 1.19 bits per heavy atom. The Kier molecular flexibility index (Phi) is 7.02. The van der Waals surface area contributed by atoms with Crippen LogP contribution in [0.25, 0.3) is 0 Å². The van der Waals surface area contributed by atoms with Crippen molar-refractivity contribution in [2.45, 2.75) is 18.4 Å². The van der Waals surface area contributed by atoms with E-state index >= 15 is 0 Å². The van der Waals surface area contributed by atoms with E-state index in [9.17, 15) is 13.2 Å². The molecule has 0 aliphatic heterocycles. The minimum Gasteiger partial charge on any atom is -0.495 e. The highest BCUT2D eigenvalue weighted by molar-refractivity contribution is 7.89. The van der Waals surface area contributed by atoms with Gasteiger partial charge in [-0.3, -0.25) is 4.79 Å². The molecule has 0 atom stereocenters. The van der Waals surface area contributed by atoms with Crippen LogP contribution in [0.15, 0.2) is 53.4 Å². The first-order valence-electron chi connectivity index (χ1n) is 8.02. The molecule has 0 radical (unpaired) electrons. The maximum absolute atomic E-state index is 13.2. The number of ether oxygens (including phenoxy) is 1. The first-order valence-corrected chi connectivity index (χ1v) is 9.84. The highest BCUT2D eigenvalue weighted by atomic mass is 35.5. The highest BCUT2D eigenvalue weighted by Crippen LogP contribution is 2.30. The SMILES string of the molecule is CCNC(=O)CN(Cc1ccccc1)S(=O)(=O)c1cc(Cl)ccc1OC. The van der Waals surface area contributed by atoms with Crippen molar-refractivity contribution in [3.8, 4) is 5.75 Å². The van der Waals surface area contributed by atoms with Crippen molar-refractivity contribution >= 4 is 27.5 Å². The molecule has 140 valence electrons. The third-order valence-electron chi connectivity index (χ3n) is 3.64. The number of likely N-dealkylation sites (N-methyl/N-ethyl adjacent to an activating group) is 1. The van der Waals surface area contributed by atoms with Crippen LogP contribution in [0.4, 0.5) is 0 Å². The topological polar surface area (TPSA) is 75.7 Å². The summed E-state index contributed by atoms with van der Waals surface area (Å²) in [5.74, 6) is -0.212. The fourth-order valence-electron chi connectivity index (χ4n) is 2.42. The van der Waals surface area contributed by atoms with E-state index in [-0.39, 0.29) is 34.7 Å². The molecule has 2 aromatic carbocycles. The van der Waals surface area contributed by atoms with E-state index in [1.807, 2.05) is 18.2 Å². The first kappa shape index (κ1) is 20.2. The molecule has 0 aliphatic rings. The number of carbonyl (C=O) groups excluding carboxylic acids is 1. The molecule has 0 aliphatic carbocycles. The number of benzene rings is 2. The molecular formula is C18H21ClN2O4S. The molecule has 0 bridgehead atoms. The number of hydrogen-bond donors (Lipinski definition) is 1. The van der Waals surface area contributed by atoms with E-state index in [1.54, 1.807) is 25.1 Å². The molecule has 0 fully saturated rings. The predicted octanol–water partition coefficient (Wildman–Crippen LogP) is 2.68. The van der Waals surface area contributed by atoms with Gasteiger partial charge in [-0.25, -0.2) is 8.42 Å².